The number of hydrogen-bond donors (Lipinski definition) is 0. The summed E-state index contributed by atoms with van der Waals surface area (Å²) >= 11 is 0. The number of carbonyl (C=O) groups excluding carboxylic acids is 1. The van der Waals surface area contributed by atoms with E-state index in [1.54, 1.807) is 0 Å². The summed E-state index contributed by atoms with van der Waals surface area (Å²) in [5, 5.41) is 10.5. The van der Waals surface area contributed by atoms with Crippen molar-refractivity contribution in [3.8, 4) is 0 Å². The second-order valence-corrected chi connectivity index (χ2v) is 5.26. The number of carboxylic acid groups (broad SMARTS) is 1. The molecule has 0 aliphatic carbocycles. The molecule has 1 fully saturated rings. The van der Waals surface area contributed by atoms with Gasteiger partial charge in [-0.1, -0.05) is 0 Å². The van der Waals surface area contributed by atoms with Crippen LogP contribution < -0.4 is 5.11 Å². The van der Waals surface area contributed by atoms with Gasteiger partial charge in [-0.25, -0.2) is 12.7 Å². The molecule has 1 saturated heterocycles. The van der Waals surface area contributed by atoms with Crippen molar-refractivity contribution in [2.24, 2.45) is 5.92 Å². The fourth-order valence-electron chi connectivity index (χ4n) is 1.44. The number of rotatable bonds is 2. The summed E-state index contributed by atoms with van der Waals surface area (Å²) in [6, 6.07) is 0. The molecule has 0 radical (unpaired) electrons. The van der Waals surface area contributed by atoms with Gasteiger partial charge in [0.2, 0.25) is 10.0 Å². The zero-order valence-corrected chi connectivity index (χ0v) is 8.21. The van der Waals surface area contributed by atoms with Gasteiger partial charge >= 0.3 is 0 Å². The van der Waals surface area contributed by atoms with Crippen molar-refractivity contribution in [1.82, 2.24) is 4.31 Å². The Kier molecular flexibility index (Phi) is 2.92. The molecule has 76 valence electrons. The Morgan fingerprint density at radius 2 is 2.15 bits per heavy atom. The highest BCUT2D eigenvalue weighted by atomic mass is 32.2. The molecule has 1 aliphatic heterocycles. The molecular formula is C7H12NO4S-. The standard InChI is InChI=1S/C7H13NO4S/c1-13(11,12)8-4-2-3-6(5-8)7(9)10/h6H,2-5H2,1H3,(H,9,10)/p-1/t6-/m1/s1. The van der Waals surface area contributed by atoms with Gasteiger partial charge in [-0.05, 0) is 12.8 Å². The van der Waals surface area contributed by atoms with Crippen LogP contribution in [-0.4, -0.2) is 38.0 Å². The Hall–Kier alpha value is -0.620. The summed E-state index contributed by atoms with van der Waals surface area (Å²) in [7, 11) is -3.25. The Labute approximate surface area is 77.4 Å². The van der Waals surface area contributed by atoms with Crippen molar-refractivity contribution < 1.29 is 18.3 Å². The molecule has 13 heavy (non-hydrogen) atoms. The predicted octanol–water partition coefficient (Wildman–Crippen LogP) is -1.59. The van der Waals surface area contributed by atoms with Crippen molar-refractivity contribution in [1.29, 1.82) is 0 Å². The summed E-state index contributed by atoms with van der Waals surface area (Å²) in [4.78, 5) is 10.5. The van der Waals surface area contributed by atoms with Crippen LogP contribution in [0.4, 0.5) is 0 Å². The van der Waals surface area contributed by atoms with Gasteiger partial charge in [-0.15, -0.1) is 0 Å². The van der Waals surface area contributed by atoms with Gasteiger partial charge in [-0.3, -0.25) is 0 Å². The second kappa shape index (κ2) is 3.63. The lowest BCUT2D eigenvalue weighted by atomic mass is 10.0. The fourth-order valence-corrected chi connectivity index (χ4v) is 2.35. The zero-order chi connectivity index (χ0) is 10.1. The van der Waals surface area contributed by atoms with E-state index < -0.39 is 21.9 Å². The van der Waals surface area contributed by atoms with E-state index in [0.717, 1.165) is 6.26 Å². The van der Waals surface area contributed by atoms with Gasteiger partial charge in [0.1, 0.15) is 0 Å². The molecular weight excluding hydrogens is 194 g/mol. The number of carbonyl (C=O) groups is 1. The molecule has 0 aromatic heterocycles. The minimum atomic E-state index is -3.25. The minimum Gasteiger partial charge on any atom is -0.550 e. The van der Waals surface area contributed by atoms with Crippen molar-refractivity contribution in [3.63, 3.8) is 0 Å². The van der Waals surface area contributed by atoms with Gasteiger partial charge in [-0.2, -0.15) is 0 Å². The van der Waals surface area contributed by atoms with E-state index in [4.69, 9.17) is 0 Å². The smallest absolute Gasteiger partial charge is 0.211 e. The van der Waals surface area contributed by atoms with E-state index in [0.29, 0.717) is 19.4 Å². The van der Waals surface area contributed by atoms with Crippen molar-refractivity contribution in [2.45, 2.75) is 12.8 Å². The molecule has 0 amide bonds. The van der Waals surface area contributed by atoms with Gasteiger partial charge < -0.3 is 9.90 Å². The molecule has 0 spiro atoms. The summed E-state index contributed by atoms with van der Waals surface area (Å²) in [6.45, 7) is 0.476. The van der Waals surface area contributed by atoms with Crippen molar-refractivity contribution in [2.75, 3.05) is 19.3 Å². The molecule has 0 unspecified atom stereocenters. The molecule has 5 nitrogen and oxygen atoms in total. The number of nitrogens with zero attached hydrogens (tertiary/aromatic N) is 1. The third-order valence-corrected chi connectivity index (χ3v) is 3.46. The number of carboxylic acids is 1. The maximum absolute atomic E-state index is 11.1. The number of hydrogen-bond acceptors (Lipinski definition) is 4. The largest absolute Gasteiger partial charge is 0.550 e. The number of piperidine rings is 1. The first-order valence-electron chi connectivity index (χ1n) is 4.07. The van der Waals surface area contributed by atoms with Crippen LogP contribution in [0.15, 0.2) is 0 Å². The molecule has 1 heterocycles. The Morgan fingerprint density at radius 1 is 1.54 bits per heavy atom. The van der Waals surface area contributed by atoms with Gasteiger partial charge in [0.25, 0.3) is 0 Å². The monoisotopic (exact) mass is 206 g/mol. The lowest BCUT2D eigenvalue weighted by Gasteiger charge is -2.31. The van der Waals surface area contributed by atoms with Crippen LogP contribution in [-0.2, 0) is 14.8 Å². The van der Waals surface area contributed by atoms with E-state index in [2.05, 4.69) is 0 Å². The predicted molar refractivity (Wildman–Crippen MR) is 44.1 cm³/mol. The number of aliphatic carboxylic acids is 1. The summed E-state index contributed by atoms with van der Waals surface area (Å²) in [5.74, 6) is -1.81. The number of sulfonamides is 1. The average molecular weight is 206 g/mol. The Morgan fingerprint density at radius 3 is 2.62 bits per heavy atom. The molecule has 6 heteroatoms. The van der Waals surface area contributed by atoms with Crippen LogP contribution >= 0.6 is 0 Å². The fraction of sp³-hybridized carbons (Fsp3) is 0.857. The SMILES string of the molecule is CS(=O)(=O)N1CCC[C@@H](C(=O)[O-])C1. The molecule has 0 N–H and O–H groups in total. The molecule has 0 bridgehead atoms. The topological polar surface area (TPSA) is 77.5 Å². The van der Waals surface area contributed by atoms with Crippen molar-refractivity contribution >= 4 is 16.0 Å². The quantitative estimate of drug-likeness (QED) is 0.545. The van der Waals surface area contributed by atoms with Crippen LogP contribution in [0.1, 0.15) is 12.8 Å². The molecule has 0 saturated carbocycles. The summed E-state index contributed by atoms with van der Waals surface area (Å²) in [5.41, 5.74) is 0. The molecule has 1 rings (SSSR count). The van der Waals surface area contributed by atoms with Crippen LogP contribution in [0.25, 0.3) is 0 Å². The molecule has 0 aromatic carbocycles. The lowest BCUT2D eigenvalue weighted by Crippen LogP contribution is -2.45. The van der Waals surface area contributed by atoms with Crippen LogP contribution in [0, 0.1) is 5.92 Å². The van der Waals surface area contributed by atoms with E-state index in [1.165, 1.54) is 4.31 Å². The van der Waals surface area contributed by atoms with Crippen LogP contribution in [0.2, 0.25) is 0 Å². The molecule has 0 aromatic rings. The minimum absolute atomic E-state index is 0.0567. The van der Waals surface area contributed by atoms with E-state index in [1.807, 2.05) is 0 Å². The van der Waals surface area contributed by atoms with E-state index >= 15 is 0 Å². The third-order valence-electron chi connectivity index (χ3n) is 2.19. The van der Waals surface area contributed by atoms with Crippen molar-refractivity contribution in [3.05, 3.63) is 0 Å². The van der Waals surface area contributed by atoms with Crippen LogP contribution in [0.5, 0.6) is 0 Å². The maximum atomic E-state index is 11.1. The van der Waals surface area contributed by atoms with E-state index in [9.17, 15) is 18.3 Å². The highest BCUT2D eigenvalue weighted by Gasteiger charge is 2.26. The maximum Gasteiger partial charge on any atom is 0.211 e. The third kappa shape index (κ3) is 2.67. The first kappa shape index (κ1) is 10.5. The van der Waals surface area contributed by atoms with Crippen LogP contribution in [0.3, 0.4) is 0 Å². The van der Waals surface area contributed by atoms with Gasteiger partial charge in [0.15, 0.2) is 0 Å². The highest BCUT2D eigenvalue weighted by Crippen LogP contribution is 2.17. The summed E-state index contributed by atoms with van der Waals surface area (Å²) < 4.78 is 23.3. The molecule has 1 atom stereocenters. The van der Waals surface area contributed by atoms with E-state index in [-0.39, 0.29) is 6.54 Å². The average Bonchev–Trinajstić information content (AvgIpc) is 2.03. The Balaban J connectivity index is 2.67. The second-order valence-electron chi connectivity index (χ2n) is 3.28. The molecule has 1 aliphatic rings. The van der Waals surface area contributed by atoms with Gasteiger partial charge in [0.05, 0.1) is 6.26 Å². The zero-order valence-electron chi connectivity index (χ0n) is 7.39. The first-order valence-corrected chi connectivity index (χ1v) is 5.92. The lowest BCUT2D eigenvalue weighted by molar-refractivity contribution is -0.312. The van der Waals surface area contributed by atoms with Gasteiger partial charge in [0, 0.05) is 25.0 Å². The highest BCUT2D eigenvalue weighted by molar-refractivity contribution is 7.88. The first-order chi connectivity index (χ1) is 5.91. The summed E-state index contributed by atoms with van der Waals surface area (Å²) in [6.07, 6.45) is 2.19. The Bertz CT molecular complexity index is 298. The normalized spacial score (nSPS) is 25.8.